The van der Waals surface area contributed by atoms with E-state index in [1.165, 1.54) is 12.1 Å². The van der Waals surface area contributed by atoms with E-state index in [4.69, 9.17) is 11.6 Å². The molecular weight excluding hydrogens is 355 g/mol. The summed E-state index contributed by atoms with van der Waals surface area (Å²) >= 11 is 5.94. The van der Waals surface area contributed by atoms with Crippen molar-refractivity contribution >= 4 is 29.1 Å². The fourth-order valence-electron chi connectivity index (χ4n) is 3.04. The third kappa shape index (κ3) is 4.71. The van der Waals surface area contributed by atoms with Gasteiger partial charge in [0, 0.05) is 19.1 Å². The number of amides is 1. The summed E-state index contributed by atoms with van der Waals surface area (Å²) in [4.78, 5) is 19.2. The van der Waals surface area contributed by atoms with Gasteiger partial charge in [-0.15, -0.1) is 0 Å². The minimum atomic E-state index is -0.481. The van der Waals surface area contributed by atoms with Crippen molar-refractivity contribution in [1.82, 2.24) is 9.88 Å². The van der Waals surface area contributed by atoms with Gasteiger partial charge in [0.2, 0.25) is 0 Å². The van der Waals surface area contributed by atoms with Gasteiger partial charge in [0.05, 0.1) is 10.6 Å². The second-order valence-electron chi connectivity index (χ2n) is 6.34. The third-order valence-corrected chi connectivity index (χ3v) is 4.87. The topological polar surface area (TPSA) is 57.3 Å². The van der Waals surface area contributed by atoms with E-state index in [0.29, 0.717) is 11.9 Å². The number of halogens is 2. The van der Waals surface area contributed by atoms with E-state index < -0.39 is 11.7 Å². The SMILES string of the molecule is CCN1CCC(Nc2cccc(NC(=O)c3ccc(F)cc3Cl)n2)CC1. The Bertz CT molecular complexity index is 778. The van der Waals surface area contributed by atoms with Gasteiger partial charge in [0.25, 0.3) is 5.91 Å². The number of rotatable bonds is 5. The van der Waals surface area contributed by atoms with Crippen LogP contribution in [0.5, 0.6) is 0 Å². The predicted molar refractivity (Wildman–Crippen MR) is 102 cm³/mol. The quantitative estimate of drug-likeness (QED) is 0.827. The van der Waals surface area contributed by atoms with Gasteiger partial charge < -0.3 is 15.5 Å². The zero-order valence-electron chi connectivity index (χ0n) is 14.6. The molecule has 2 aromatic rings. The molecule has 1 aliphatic heterocycles. The lowest BCUT2D eigenvalue weighted by atomic mass is 10.1. The number of carbonyl (C=O) groups excluding carboxylic acids is 1. The molecule has 3 rings (SSSR count). The molecule has 7 heteroatoms. The van der Waals surface area contributed by atoms with Crippen LogP contribution in [0.4, 0.5) is 16.0 Å². The molecule has 0 bridgehead atoms. The highest BCUT2D eigenvalue weighted by Crippen LogP contribution is 2.20. The Morgan fingerprint density at radius 1 is 1.27 bits per heavy atom. The molecule has 1 amide bonds. The first-order chi connectivity index (χ1) is 12.5. The molecule has 0 radical (unpaired) electrons. The van der Waals surface area contributed by atoms with Crippen LogP contribution in [0.2, 0.25) is 5.02 Å². The standard InChI is InChI=1S/C19H22ClFN4O/c1-2-25-10-8-14(9-11-25)22-17-4-3-5-18(23-17)24-19(26)15-7-6-13(21)12-16(15)20/h3-7,12,14H,2,8-11H2,1H3,(H2,22,23,24,26). The minimum absolute atomic E-state index is 0.0689. The summed E-state index contributed by atoms with van der Waals surface area (Å²) in [5, 5.41) is 6.21. The number of aromatic nitrogens is 1. The molecule has 0 atom stereocenters. The second-order valence-corrected chi connectivity index (χ2v) is 6.75. The Balaban J connectivity index is 1.63. The summed E-state index contributed by atoms with van der Waals surface area (Å²) in [5.74, 6) is 0.246. The summed E-state index contributed by atoms with van der Waals surface area (Å²) in [6.07, 6.45) is 2.13. The van der Waals surface area contributed by atoms with Crippen LogP contribution in [0.25, 0.3) is 0 Å². The van der Waals surface area contributed by atoms with Crippen molar-refractivity contribution in [1.29, 1.82) is 0 Å². The Morgan fingerprint density at radius 2 is 2.00 bits per heavy atom. The van der Waals surface area contributed by atoms with Crippen LogP contribution in [0.15, 0.2) is 36.4 Å². The number of likely N-dealkylation sites (tertiary alicyclic amines) is 1. The third-order valence-electron chi connectivity index (χ3n) is 4.55. The number of nitrogens with zero attached hydrogens (tertiary/aromatic N) is 2. The van der Waals surface area contributed by atoms with E-state index >= 15 is 0 Å². The van der Waals surface area contributed by atoms with Crippen molar-refractivity contribution in [3.63, 3.8) is 0 Å². The van der Waals surface area contributed by atoms with Crippen molar-refractivity contribution < 1.29 is 9.18 Å². The van der Waals surface area contributed by atoms with E-state index in [1.54, 1.807) is 6.07 Å². The second kappa shape index (κ2) is 8.47. The molecule has 26 heavy (non-hydrogen) atoms. The zero-order chi connectivity index (χ0) is 18.5. The van der Waals surface area contributed by atoms with E-state index in [-0.39, 0.29) is 10.6 Å². The highest BCUT2D eigenvalue weighted by Gasteiger charge is 2.18. The lowest BCUT2D eigenvalue weighted by molar-refractivity contribution is 0.102. The maximum absolute atomic E-state index is 13.1. The first-order valence-corrected chi connectivity index (χ1v) is 9.15. The zero-order valence-corrected chi connectivity index (χ0v) is 15.4. The van der Waals surface area contributed by atoms with Crippen LogP contribution >= 0.6 is 11.6 Å². The van der Waals surface area contributed by atoms with Crippen molar-refractivity contribution in [2.75, 3.05) is 30.3 Å². The van der Waals surface area contributed by atoms with Crippen LogP contribution in [-0.2, 0) is 0 Å². The largest absolute Gasteiger partial charge is 0.367 e. The van der Waals surface area contributed by atoms with Gasteiger partial charge in [-0.3, -0.25) is 4.79 Å². The monoisotopic (exact) mass is 376 g/mol. The Kier molecular flexibility index (Phi) is 6.06. The lowest BCUT2D eigenvalue weighted by Gasteiger charge is -2.31. The summed E-state index contributed by atoms with van der Waals surface area (Å²) in [5.41, 5.74) is 0.208. The first kappa shape index (κ1) is 18.6. The summed E-state index contributed by atoms with van der Waals surface area (Å²) < 4.78 is 13.1. The van der Waals surface area contributed by atoms with Crippen molar-refractivity contribution in [3.8, 4) is 0 Å². The van der Waals surface area contributed by atoms with Crippen molar-refractivity contribution in [3.05, 3.63) is 52.8 Å². The normalized spacial score (nSPS) is 15.7. The maximum Gasteiger partial charge on any atom is 0.258 e. The van der Waals surface area contributed by atoms with Crippen LogP contribution in [0.3, 0.4) is 0 Å². The highest BCUT2D eigenvalue weighted by atomic mass is 35.5. The van der Waals surface area contributed by atoms with Crippen LogP contribution < -0.4 is 10.6 Å². The fraction of sp³-hybridized carbons (Fsp3) is 0.368. The Morgan fingerprint density at radius 3 is 2.69 bits per heavy atom. The molecule has 0 spiro atoms. The van der Waals surface area contributed by atoms with Gasteiger partial charge in [-0.2, -0.15) is 0 Å². The molecule has 1 saturated heterocycles. The molecule has 0 unspecified atom stereocenters. The van der Waals surface area contributed by atoms with Gasteiger partial charge in [-0.25, -0.2) is 9.37 Å². The average molecular weight is 377 g/mol. The van der Waals surface area contributed by atoms with E-state index in [2.05, 4.69) is 27.4 Å². The molecule has 2 N–H and O–H groups in total. The van der Waals surface area contributed by atoms with Crippen LogP contribution in [0, 0.1) is 5.82 Å². The molecule has 1 aliphatic rings. The number of pyridine rings is 1. The minimum Gasteiger partial charge on any atom is -0.367 e. The molecule has 1 aromatic heterocycles. The fourth-order valence-corrected chi connectivity index (χ4v) is 3.30. The van der Waals surface area contributed by atoms with Gasteiger partial charge in [-0.05, 0) is 49.7 Å². The number of hydrogen-bond donors (Lipinski definition) is 2. The van der Waals surface area contributed by atoms with Gasteiger partial charge in [0.1, 0.15) is 17.5 Å². The van der Waals surface area contributed by atoms with E-state index in [1.807, 2.05) is 12.1 Å². The lowest BCUT2D eigenvalue weighted by Crippen LogP contribution is -2.39. The Labute approximate surface area is 157 Å². The molecule has 1 aromatic carbocycles. The number of anilines is 2. The number of nitrogens with one attached hydrogen (secondary N) is 2. The van der Waals surface area contributed by atoms with Crippen molar-refractivity contribution in [2.45, 2.75) is 25.8 Å². The predicted octanol–water partition coefficient (Wildman–Crippen LogP) is 4.02. The molecule has 0 saturated carbocycles. The van der Waals surface area contributed by atoms with E-state index in [0.717, 1.165) is 44.4 Å². The highest BCUT2D eigenvalue weighted by molar-refractivity contribution is 6.34. The van der Waals surface area contributed by atoms with Crippen LogP contribution in [-0.4, -0.2) is 41.5 Å². The number of benzene rings is 1. The number of hydrogen-bond acceptors (Lipinski definition) is 4. The number of piperidine rings is 1. The maximum atomic E-state index is 13.1. The summed E-state index contributed by atoms with van der Waals surface area (Å²) in [6.45, 7) is 5.41. The Hall–Kier alpha value is -2.18. The molecule has 2 heterocycles. The summed E-state index contributed by atoms with van der Waals surface area (Å²) in [7, 11) is 0. The molecule has 0 aliphatic carbocycles. The van der Waals surface area contributed by atoms with Gasteiger partial charge >= 0.3 is 0 Å². The van der Waals surface area contributed by atoms with Gasteiger partial charge in [-0.1, -0.05) is 24.6 Å². The van der Waals surface area contributed by atoms with Crippen molar-refractivity contribution in [2.24, 2.45) is 0 Å². The summed E-state index contributed by atoms with van der Waals surface area (Å²) in [6, 6.07) is 9.48. The molecule has 1 fully saturated rings. The molecule has 138 valence electrons. The average Bonchev–Trinajstić information content (AvgIpc) is 2.62. The van der Waals surface area contributed by atoms with Gasteiger partial charge in [0.15, 0.2) is 0 Å². The molecule has 5 nitrogen and oxygen atoms in total. The number of carbonyl (C=O) groups is 1. The molecular formula is C19H22ClFN4O. The smallest absolute Gasteiger partial charge is 0.258 e. The van der Waals surface area contributed by atoms with E-state index in [9.17, 15) is 9.18 Å². The van der Waals surface area contributed by atoms with Crippen LogP contribution in [0.1, 0.15) is 30.1 Å². The first-order valence-electron chi connectivity index (χ1n) is 8.77.